The summed E-state index contributed by atoms with van der Waals surface area (Å²) in [6, 6.07) is 0.468. The van der Waals surface area contributed by atoms with Crippen LogP contribution in [-0.4, -0.2) is 60.4 Å². The topological polar surface area (TPSA) is 62.2 Å². The molecule has 0 spiro atoms. The maximum absolute atomic E-state index is 12.6. The fraction of sp³-hybridized carbons (Fsp3) is 0.750. The molecule has 2 aliphatic rings. The number of nitrogens with one attached hydrogen (secondary N) is 2. The first-order chi connectivity index (χ1) is 10.6. The Hall–Kier alpha value is -0.820. The van der Waals surface area contributed by atoms with Crippen LogP contribution in [0, 0.1) is 11.8 Å². The van der Waals surface area contributed by atoms with Gasteiger partial charge in [-0.25, -0.2) is 0 Å². The Morgan fingerprint density at radius 3 is 2.67 bits per heavy atom. The van der Waals surface area contributed by atoms with Crippen LogP contribution >= 0.6 is 24.8 Å². The number of aryl methyl sites for hydroxylation is 1. The highest BCUT2D eigenvalue weighted by atomic mass is 35.5. The minimum atomic E-state index is 0. The summed E-state index contributed by atoms with van der Waals surface area (Å²) in [6.07, 6.45) is 6.49. The van der Waals surface area contributed by atoms with Crippen LogP contribution in [0.2, 0.25) is 0 Å². The van der Waals surface area contributed by atoms with Gasteiger partial charge < -0.3 is 15.5 Å². The number of halogens is 2. The van der Waals surface area contributed by atoms with Crippen molar-refractivity contribution < 1.29 is 4.79 Å². The van der Waals surface area contributed by atoms with Crippen LogP contribution < -0.4 is 10.6 Å². The smallest absolute Gasteiger partial charge is 0.225 e. The molecule has 0 bridgehead atoms. The van der Waals surface area contributed by atoms with E-state index in [0.717, 1.165) is 31.1 Å². The van der Waals surface area contributed by atoms with Gasteiger partial charge in [0.25, 0.3) is 0 Å². The van der Waals surface area contributed by atoms with Gasteiger partial charge in [0.15, 0.2) is 0 Å². The van der Waals surface area contributed by atoms with Crippen LogP contribution in [0.25, 0.3) is 0 Å². The van der Waals surface area contributed by atoms with Gasteiger partial charge in [-0.1, -0.05) is 0 Å². The predicted molar refractivity (Wildman–Crippen MR) is 100 cm³/mol. The van der Waals surface area contributed by atoms with Crippen molar-refractivity contribution in [3.63, 3.8) is 0 Å². The van der Waals surface area contributed by atoms with Crippen LogP contribution in [0.1, 0.15) is 24.3 Å². The third-order valence-electron chi connectivity index (χ3n) is 5.02. The van der Waals surface area contributed by atoms with Crippen molar-refractivity contribution in [2.24, 2.45) is 18.9 Å². The van der Waals surface area contributed by atoms with Gasteiger partial charge in [0, 0.05) is 44.8 Å². The highest BCUT2D eigenvalue weighted by Crippen LogP contribution is 2.34. The van der Waals surface area contributed by atoms with Crippen molar-refractivity contribution in [2.75, 3.05) is 33.7 Å². The molecule has 1 amide bonds. The number of hydrogen-bond acceptors (Lipinski definition) is 4. The first-order valence-electron chi connectivity index (χ1n) is 8.19. The molecule has 1 aromatic heterocycles. The van der Waals surface area contributed by atoms with Crippen LogP contribution in [-0.2, 0) is 11.8 Å². The second-order valence-electron chi connectivity index (χ2n) is 6.93. The van der Waals surface area contributed by atoms with Crippen molar-refractivity contribution in [2.45, 2.75) is 24.8 Å². The fourth-order valence-electron chi connectivity index (χ4n) is 3.52. The van der Waals surface area contributed by atoms with E-state index in [9.17, 15) is 4.79 Å². The standard InChI is InChI=1S/C16H27N5O.2ClH/c1-20(2)15(11-4-5-11)9-18-16(22)14-8-17-7-13(14)12-6-19-21(3)10-12;;/h6,10-11,13-15,17H,4-5,7-9H2,1-3H3,(H,18,22);2*1H/t13-,14+,15?;;/m1../s1. The molecule has 8 heteroatoms. The van der Waals surface area contributed by atoms with Gasteiger partial charge in [0.05, 0.1) is 12.1 Å². The quantitative estimate of drug-likeness (QED) is 0.776. The number of likely N-dealkylation sites (N-methyl/N-ethyl adjacent to an activating group) is 1. The molecule has 1 aliphatic heterocycles. The van der Waals surface area contributed by atoms with Gasteiger partial charge in [-0.15, -0.1) is 24.8 Å². The molecule has 2 heterocycles. The Labute approximate surface area is 156 Å². The Balaban J connectivity index is 0.00000144. The normalized spacial score (nSPS) is 24.2. The summed E-state index contributed by atoms with van der Waals surface area (Å²) in [5.41, 5.74) is 1.15. The average Bonchev–Trinajstić information content (AvgIpc) is 3.01. The molecule has 0 aromatic carbocycles. The Bertz CT molecular complexity index is 530. The van der Waals surface area contributed by atoms with Crippen molar-refractivity contribution in [3.8, 4) is 0 Å². The molecule has 3 atom stereocenters. The zero-order valence-corrected chi connectivity index (χ0v) is 16.2. The van der Waals surface area contributed by atoms with Gasteiger partial charge >= 0.3 is 0 Å². The Morgan fingerprint density at radius 1 is 1.42 bits per heavy atom. The van der Waals surface area contributed by atoms with E-state index in [4.69, 9.17) is 0 Å². The lowest BCUT2D eigenvalue weighted by molar-refractivity contribution is -0.125. The van der Waals surface area contributed by atoms with E-state index in [1.807, 2.05) is 19.4 Å². The SMILES string of the molecule is CN(C)C(CNC(=O)[C@H]1CNC[C@@H]1c1cnn(C)c1)C1CC1.Cl.Cl. The molecule has 3 rings (SSSR count). The number of aromatic nitrogens is 2. The average molecular weight is 378 g/mol. The maximum Gasteiger partial charge on any atom is 0.225 e. The number of hydrogen-bond donors (Lipinski definition) is 2. The van der Waals surface area contributed by atoms with E-state index in [-0.39, 0.29) is 42.6 Å². The Morgan fingerprint density at radius 2 is 2.12 bits per heavy atom. The number of amides is 1. The molecule has 1 aromatic rings. The summed E-state index contributed by atoms with van der Waals surface area (Å²) in [4.78, 5) is 14.8. The van der Waals surface area contributed by atoms with Gasteiger partial charge in [-0.05, 0) is 38.4 Å². The lowest BCUT2D eigenvalue weighted by Gasteiger charge is -2.26. The number of nitrogens with zero attached hydrogens (tertiary/aromatic N) is 3. The van der Waals surface area contributed by atoms with E-state index in [1.54, 1.807) is 4.68 Å². The zero-order valence-electron chi connectivity index (χ0n) is 14.6. The summed E-state index contributed by atoms with van der Waals surface area (Å²) >= 11 is 0. The summed E-state index contributed by atoms with van der Waals surface area (Å²) in [5.74, 6) is 1.16. The molecule has 24 heavy (non-hydrogen) atoms. The molecule has 1 saturated heterocycles. The summed E-state index contributed by atoms with van der Waals surface area (Å²) < 4.78 is 1.80. The van der Waals surface area contributed by atoms with Crippen molar-refractivity contribution in [1.29, 1.82) is 0 Å². The van der Waals surface area contributed by atoms with Crippen molar-refractivity contribution in [1.82, 2.24) is 25.3 Å². The van der Waals surface area contributed by atoms with Crippen LogP contribution in [0.4, 0.5) is 0 Å². The highest BCUT2D eigenvalue weighted by molar-refractivity contribution is 5.85. The van der Waals surface area contributed by atoms with Crippen LogP contribution in [0.5, 0.6) is 0 Å². The van der Waals surface area contributed by atoms with E-state index in [2.05, 4.69) is 34.7 Å². The number of carbonyl (C=O) groups excluding carboxylic acids is 1. The molecular formula is C16H29Cl2N5O. The molecule has 1 saturated carbocycles. The Kier molecular flexibility index (Phi) is 7.99. The number of rotatable bonds is 6. The van der Waals surface area contributed by atoms with E-state index >= 15 is 0 Å². The lowest BCUT2D eigenvalue weighted by Crippen LogP contribution is -2.44. The summed E-state index contributed by atoms with van der Waals surface area (Å²) in [6.45, 7) is 2.36. The van der Waals surface area contributed by atoms with Crippen LogP contribution in [0.15, 0.2) is 12.4 Å². The van der Waals surface area contributed by atoms with E-state index in [0.29, 0.717) is 6.04 Å². The maximum atomic E-state index is 12.6. The zero-order chi connectivity index (χ0) is 15.7. The van der Waals surface area contributed by atoms with Crippen molar-refractivity contribution in [3.05, 3.63) is 18.0 Å². The molecule has 2 N–H and O–H groups in total. The van der Waals surface area contributed by atoms with E-state index < -0.39 is 0 Å². The molecule has 1 unspecified atom stereocenters. The first kappa shape index (κ1) is 21.2. The minimum Gasteiger partial charge on any atom is -0.354 e. The minimum absolute atomic E-state index is 0. The monoisotopic (exact) mass is 377 g/mol. The highest BCUT2D eigenvalue weighted by Gasteiger charge is 2.36. The van der Waals surface area contributed by atoms with Crippen LogP contribution in [0.3, 0.4) is 0 Å². The summed E-state index contributed by atoms with van der Waals surface area (Å²) in [5, 5.41) is 10.8. The van der Waals surface area contributed by atoms with Gasteiger partial charge in [-0.3, -0.25) is 9.48 Å². The fourth-order valence-corrected chi connectivity index (χ4v) is 3.52. The predicted octanol–water partition coefficient (Wildman–Crippen LogP) is 1.02. The third kappa shape index (κ3) is 4.85. The molecule has 6 nitrogen and oxygen atoms in total. The van der Waals surface area contributed by atoms with Gasteiger partial charge in [0.2, 0.25) is 5.91 Å². The summed E-state index contributed by atoms with van der Waals surface area (Å²) in [7, 11) is 6.12. The van der Waals surface area contributed by atoms with Gasteiger partial charge in [0.1, 0.15) is 0 Å². The first-order valence-corrected chi connectivity index (χ1v) is 8.19. The lowest BCUT2D eigenvalue weighted by atomic mass is 9.90. The largest absolute Gasteiger partial charge is 0.354 e. The second-order valence-corrected chi connectivity index (χ2v) is 6.93. The molecule has 1 aliphatic carbocycles. The molecule has 138 valence electrons. The molecular weight excluding hydrogens is 349 g/mol. The molecule has 2 fully saturated rings. The second kappa shape index (κ2) is 9.04. The van der Waals surface area contributed by atoms with Gasteiger partial charge in [-0.2, -0.15) is 5.10 Å². The van der Waals surface area contributed by atoms with Crippen molar-refractivity contribution >= 4 is 30.7 Å². The third-order valence-corrected chi connectivity index (χ3v) is 5.02. The van der Waals surface area contributed by atoms with E-state index in [1.165, 1.54) is 12.8 Å². The number of carbonyl (C=O) groups is 1. The molecule has 0 radical (unpaired) electrons.